The second-order valence-corrected chi connectivity index (χ2v) is 3.59. The molecular weight excluding hydrogens is 154 g/mol. The molecule has 1 heterocycles. The summed E-state index contributed by atoms with van der Waals surface area (Å²) in [5.41, 5.74) is 0. The molecule has 0 unspecified atom stereocenters. The fraction of sp³-hybridized carbons (Fsp3) is 1.00. The standard InChI is InChI=1S/C9H19NO2/c1-7-9(12-3)5-4-8(6-11)10(7)2/h7-9,11H,4-6H2,1-3H3/t7-,8-,9-/m1/s1. The van der Waals surface area contributed by atoms with Gasteiger partial charge in [0.05, 0.1) is 12.7 Å². The highest BCUT2D eigenvalue weighted by atomic mass is 16.5. The molecule has 1 aliphatic heterocycles. The summed E-state index contributed by atoms with van der Waals surface area (Å²) in [6.45, 7) is 2.41. The fourth-order valence-electron chi connectivity index (χ4n) is 1.93. The van der Waals surface area contributed by atoms with Crippen molar-refractivity contribution in [3.63, 3.8) is 0 Å². The van der Waals surface area contributed by atoms with Crippen LogP contribution in [0.5, 0.6) is 0 Å². The minimum Gasteiger partial charge on any atom is -0.395 e. The van der Waals surface area contributed by atoms with Crippen molar-refractivity contribution in [1.29, 1.82) is 0 Å². The van der Waals surface area contributed by atoms with E-state index >= 15 is 0 Å². The molecule has 1 aliphatic rings. The number of aliphatic hydroxyl groups is 1. The number of rotatable bonds is 2. The van der Waals surface area contributed by atoms with E-state index < -0.39 is 0 Å². The van der Waals surface area contributed by atoms with Gasteiger partial charge in [-0.1, -0.05) is 0 Å². The highest BCUT2D eigenvalue weighted by Gasteiger charge is 2.31. The third kappa shape index (κ3) is 1.79. The normalized spacial score (nSPS) is 38.5. The lowest BCUT2D eigenvalue weighted by Gasteiger charge is -2.41. The molecule has 0 radical (unpaired) electrons. The van der Waals surface area contributed by atoms with Gasteiger partial charge < -0.3 is 9.84 Å². The van der Waals surface area contributed by atoms with Gasteiger partial charge in [-0.25, -0.2) is 0 Å². The molecule has 3 heteroatoms. The Morgan fingerprint density at radius 1 is 1.50 bits per heavy atom. The van der Waals surface area contributed by atoms with Crippen LogP contribution in [0.25, 0.3) is 0 Å². The molecule has 3 nitrogen and oxygen atoms in total. The van der Waals surface area contributed by atoms with Gasteiger partial charge in [0.1, 0.15) is 0 Å². The smallest absolute Gasteiger partial charge is 0.0724 e. The zero-order valence-electron chi connectivity index (χ0n) is 8.16. The SMILES string of the molecule is CO[C@@H]1CC[C@H](CO)N(C)[C@@H]1C. The molecule has 1 N–H and O–H groups in total. The van der Waals surface area contributed by atoms with Crippen LogP contribution in [-0.4, -0.2) is 49.0 Å². The fourth-order valence-corrected chi connectivity index (χ4v) is 1.93. The van der Waals surface area contributed by atoms with Crippen LogP contribution in [0.3, 0.4) is 0 Å². The molecule has 1 fully saturated rings. The Balaban J connectivity index is 2.52. The first-order valence-electron chi connectivity index (χ1n) is 4.56. The molecule has 0 spiro atoms. The van der Waals surface area contributed by atoms with Crippen LogP contribution in [-0.2, 0) is 4.74 Å². The van der Waals surface area contributed by atoms with Gasteiger partial charge in [0.25, 0.3) is 0 Å². The van der Waals surface area contributed by atoms with Crippen molar-refractivity contribution in [3.8, 4) is 0 Å². The van der Waals surface area contributed by atoms with E-state index in [1.165, 1.54) is 0 Å². The van der Waals surface area contributed by atoms with E-state index in [0.717, 1.165) is 12.8 Å². The largest absolute Gasteiger partial charge is 0.395 e. The van der Waals surface area contributed by atoms with E-state index in [1.54, 1.807) is 7.11 Å². The first-order chi connectivity index (χ1) is 5.70. The summed E-state index contributed by atoms with van der Waals surface area (Å²) in [4.78, 5) is 2.21. The molecule has 0 aliphatic carbocycles. The van der Waals surface area contributed by atoms with Crippen LogP contribution >= 0.6 is 0 Å². The lowest BCUT2D eigenvalue weighted by molar-refractivity contribution is -0.0367. The quantitative estimate of drug-likeness (QED) is 0.659. The molecular formula is C9H19NO2. The first kappa shape index (κ1) is 9.96. The van der Waals surface area contributed by atoms with Crippen molar-refractivity contribution in [1.82, 2.24) is 4.90 Å². The number of nitrogens with zero attached hydrogens (tertiary/aromatic N) is 1. The molecule has 1 rings (SSSR count). The summed E-state index contributed by atoms with van der Waals surface area (Å²) >= 11 is 0. The number of likely N-dealkylation sites (N-methyl/N-ethyl adjacent to an activating group) is 1. The highest BCUT2D eigenvalue weighted by Crippen LogP contribution is 2.22. The monoisotopic (exact) mass is 173 g/mol. The van der Waals surface area contributed by atoms with E-state index in [-0.39, 0.29) is 6.61 Å². The number of aliphatic hydroxyl groups excluding tert-OH is 1. The first-order valence-corrected chi connectivity index (χ1v) is 4.56. The Morgan fingerprint density at radius 2 is 2.17 bits per heavy atom. The van der Waals surface area contributed by atoms with Crippen LogP contribution in [0.4, 0.5) is 0 Å². The molecule has 1 saturated heterocycles. The van der Waals surface area contributed by atoms with Gasteiger partial charge in [-0.3, -0.25) is 4.90 Å². The molecule has 0 aromatic heterocycles. The van der Waals surface area contributed by atoms with Gasteiger partial charge in [-0.2, -0.15) is 0 Å². The summed E-state index contributed by atoms with van der Waals surface area (Å²) in [6.07, 6.45) is 2.43. The molecule has 3 atom stereocenters. The second kappa shape index (κ2) is 4.21. The Kier molecular flexibility index (Phi) is 3.50. The Labute approximate surface area is 74.3 Å². The molecule has 72 valence electrons. The van der Waals surface area contributed by atoms with E-state index in [1.807, 2.05) is 0 Å². The van der Waals surface area contributed by atoms with Crippen molar-refractivity contribution in [2.45, 2.75) is 38.0 Å². The van der Waals surface area contributed by atoms with E-state index in [9.17, 15) is 0 Å². The van der Waals surface area contributed by atoms with E-state index in [0.29, 0.717) is 18.2 Å². The van der Waals surface area contributed by atoms with Crippen LogP contribution in [0.2, 0.25) is 0 Å². The maximum atomic E-state index is 9.06. The number of ether oxygens (including phenoxy) is 1. The lowest BCUT2D eigenvalue weighted by Crippen LogP contribution is -2.51. The van der Waals surface area contributed by atoms with Crippen LogP contribution in [0.15, 0.2) is 0 Å². The molecule has 0 aromatic carbocycles. The van der Waals surface area contributed by atoms with Gasteiger partial charge in [0.2, 0.25) is 0 Å². The molecule has 0 aromatic rings. The van der Waals surface area contributed by atoms with Gasteiger partial charge in [0.15, 0.2) is 0 Å². The summed E-state index contributed by atoms with van der Waals surface area (Å²) in [7, 11) is 3.81. The highest BCUT2D eigenvalue weighted by molar-refractivity contribution is 4.85. The molecule has 12 heavy (non-hydrogen) atoms. The topological polar surface area (TPSA) is 32.7 Å². The number of hydrogen-bond acceptors (Lipinski definition) is 3. The van der Waals surface area contributed by atoms with Crippen molar-refractivity contribution in [3.05, 3.63) is 0 Å². The summed E-state index contributed by atoms with van der Waals surface area (Å²) < 4.78 is 5.34. The van der Waals surface area contributed by atoms with Crippen molar-refractivity contribution in [2.75, 3.05) is 20.8 Å². The van der Waals surface area contributed by atoms with Crippen LogP contribution in [0, 0.1) is 0 Å². The minimum absolute atomic E-state index is 0.261. The van der Waals surface area contributed by atoms with E-state index in [4.69, 9.17) is 9.84 Å². The maximum Gasteiger partial charge on any atom is 0.0724 e. The predicted molar refractivity (Wildman–Crippen MR) is 48.1 cm³/mol. The molecule has 0 amide bonds. The maximum absolute atomic E-state index is 9.06. The van der Waals surface area contributed by atoms with Crippen molar-refractivity contribution in [2.24, 2.45) is 0 Å². The third-order valence-corrected chi connectivity index (χ3v) is 3.05. The average Bonchev–Trinajstić information content (AvgIpc) is 2.10. The molecule has 0 saturated carbocycles. The number of hydrogen-bond donors (Lipinski definition) is 1. The Bertz CT molecular complexity index is 124. The van der Waals surface area contributed by atoms with E-state index in [2.05, 4.69) is 18.9 Å². The summed E-state index contributed by atoms with van der Waals surface area (Å²) in [5.74, 6) is 0. The van der Waals surface area contributed by atoms with Gasteiger partial charge >= 0.3 is 0 Å². The van der Waals surface area contributed by atoms with Crippen molar-refractivity contribution < 1.29 is 9.84 Å². The second-order valence-electron chi connectivity index (χ2n) is 3.59. The van der Waals surface area contributed by atoms with Crippen LogP contribution < -0.4 is 0 Å². The zero-order valence-corrected chi connectivity index (χ0v) is 8.16. The van der Waals surface area contributed by atoms with Gasteiger partial charge in [-0.15, -0.1) is 0 Å². The number of likely N-dealkylation sites (tertiary alicyclic amines) is 1. The van der Waals surface area contributed by atoms with Crippen molar-refractivity contribution >= 4 is 0 Å². The average molecular weight is 173 g/mol. The minimum atomic E-state index is 0.261. The summed E-state index contributed by atoms with van der Waals surface area (Å²) in [6, 6.07) is 0.743. The number of piperidine rings is 1. The number of methoxy groups -OCH3 is 1. The molecule has 0 bridgehead atoms. The third-order valence-electron chi connectivity index (χ3n) is 3.05. The van der Waals surface area contributed by atoms with Crippen LogP contribution in [0.1, 0.15) is 19.8 Å². The van der Waals surface area contributed by atoms with Gasteiger partial charge in [0, 0.05) is 19.2 Å². The Hall–Kier alpha value is -0.120. The van der Waals surface area contributed by atoms with Gasteiger partial charge in [-0.05, 0) is 26.8 Å². The lowest BCUT2D eigenvalue weighted by atomic mass is 9.95. The zero-order chi connectivity index (χ0) is 9.14. The predicted octanol–water partition coefficient (Wildman–Crippen LogP) is 0.476. The summed E-state index contributed by atoms with van der Waals surface area (Å²) in [5, 5.41) is 9.06. The Morgan fingerprint density at radius 3 is 2.67 bits per heavy atom.